The third-order valence-corrected chi connectivity index (χ3v) is 0.111. The zero-order valence-corrected chi connectivity index (χ0v) is 4.98. The Hall–Kier alpha value is 0.486. The fourth-order valence-electron chi connectivity index (χ4n) is 0.0340. The summed E-state index contributed by atoms with van der Waals surface area (Å²) in [6.45, 7) is 0. The van der Waals surface area contributed by atoms with E-state index in [9.17, 15) is 0 Å². The van der Waals surface area contributed by atoms with Gasteiger partial charge in [0.05, 0.1) is 0 Å². The first kappa shape index (κ1) is 11.3. The van der Waals surface area contributed by atoms with Crippen LogP contribution in [0.2, 0.25) is 0 Å². The monoisotopic (exact) mass is 136 g/mol. The summed E-state index contributed by atoms with van der Waals surface area (Å²) in [5.41, 5.74) is 0. The number of hydrogen-bond donors (Lipinski definition) is 0. The second kappa shape index (κ2) is 10.5. The van der Waals surface area contributed by atoms with Crippen molar-refractivity contribution in [3.8, 4) is 0 Å². The molecule has 0 aromatic carbocycles. The van der Waals surface area contributed by atoms with Crippen LogP contribution in [0.25, 0.3) is 0 Å². The summed E-state index contributed by atoms with van der Waals surface area (Å²) >= 11 is 0. The molecule has 7 nitrogen and oxygen atoms in total. The van der Waals surface area contributed by atoms with E-state index in [2.05, 4.69) is 25.2 Å². The molecule has 0 aromatic rings. The van der Waals surface area contributed by atoms with Gasteiger partial charge in [0.15, 0.2) is 0 Å². The minimum absolute atomic E-state index is 0. The SMILES string of the molecule is [Mg+2].[O-]OOOOO[O-]. The van der Waals surface area contributed by atoms with Gasteiger partial charge in [0, 0.05) is 0 Å². The quantitative estimate of drug-likeness (QED) is 0.175. The Balaban J connectivity index is 0. The predicted octanol–water partition coefficient (Wildman–Crippen LogP) is -3.10. The fraction of sp³-hybridized carbons (Fsp3) is 0. The van der Waals surface area contributed by atoms with Crippen molar-refractivity contribution in [1.82, 2.24) is 0 Å². The molecule has 8 heavy (non-hydrogen) atoms. The summed E-state index contributed by atoms with van der Waals surface area (Å²) in [4.78, 5) is 0. The van der Waals surface area contributed by atoms with E-state index >= 15 is 0 Å². The topological polar surface area (TPSA) is 92.3 Å². The largest absolute Gasteiger partial charge is 2.00 e. The van der Waals surface area contributed by atoms with Crippen LogP contribution < -0.4 is 10.5 Å². The van der Waals surface area contributed by atoms with Gasteiger partial charge in [0.2, 0.25) is 0 Å². The van der Waals surface area contributed by atoms with Gasteiger partial charge in [-0.3, -0.25) is 10.1 Å². The van der Waals surface area contributed by atoms with Gasteiger partial charge in [-0.2, -0.15) is 0 Å². The minimum Gasteiger partial charge on any atom is -0.689 e. The van der Waals surface area contributed by atoms with Gasteiger partial charge in [-0.25, -0.2) is 0 Å². The number of hydrogen-bond acceptors (Lipinski definition) is 7. The molecule has 0 saturated carbocycles. The third-order valence-electron chi connectivity index (χ3n) is 0.111. The summed E-state index contributed by atoms with van der Waals surface area (Å²) in [5.74, 6) is 0. The Morgan fingerprint density at radius 2 is 1.12 bits per heavy atom. The van der Waals surface area contributed by atoms with E-state index in [0.29, 0.717) is 0 Å². The molecule has 0 spiro atoms. The van der Waals surface area contributed by atoms with Gasteiger partial charge in [0.25, 0.3) is 0 Å². The third kappa shape index (κ3) is 9.70. The van der Waals surface area contributed by atoms with Gasteiger partial charge < -0.3 is 10.5 Å². The molecule has 0 aliphatic heterocycles. The van der Waals surface area contributed by atoms with E-state index < -0.39 is 0 Å². The van der Waals surface area contributed by atoms with E-state index in [4.69, 9.17) is 10.5 Å². The summed E-state index contributed by atoms with van der Waals surface area (Å²) in [7, 11) is 0. The molecule has 0 aliphatic carbocycles. The molecule has 0 aromatic heterocycles. The Kier molecular flexibility index (Phi) is 14.8. The Bertz CT molecular complexity index is 23.6. The molecule has 44 valence electrons. The van der Waals surface area contributed by atoms with E-state index in [1.807, 2.05) is 0 Å². The Labute approximate surface area is 59.4 Å². The van der Waals surface area contributed by atoms with Crippen LogP contribution in [-0.2, 0) is 25.2 Å². The summed E-state index contributed by atoms with van der Waals surface area (Å²) < 4.78 is 0. The maximum Gasteiger partial charge on any atom is 2.00 e. The molecule has 0 rings (SSSR count). The average molecular weight is 136 g/mol. The van der Waals surface area contributed by atoms with Gasteiger partial charge in [-0.05, 0) is 15.1 Å². The predicted molar refractivity (Wildman–Crippen MR) is 11.2 cm³/mol. The molecule has 0 N–H and O–H groups in total. The van der Waals surface area contributed by atoms with Crippen molar-refractivity contribution in [2.24, 2.45) is 0 Å². The van der Waals surface area contributed by atoms with Crippen LogP contribution in [0.3, 0.4) is 0 Å². The standard InChI is InChI=1S/Mg.H2O7/c;1-3-5-7-6-4-2/h;1-2H/q+2;/p-2. The van der Waals surface area contributed by atoms with Crippen molar-refractivity contribution in [2.45, 2.75) is 0 Å². The first-order chi connectivity index (χ1) is 3.41. The van der Waals surface area contributed by atoms with Gasteiger partial charge in [0.1, 0.15) is 0 Å². The summed E-state index contributed by atoms with van der Waals surface area (Å²) in [6, 6.07) is 0. The van der Waals surface area contributed by atoms with Crippen LogP contribution in [0.15, 0.2) is 0 Å². The van der Waals surface area contributed by atoms with Gasteiger partial charge >= 0.3 is 23.1 Å². The molecule has 0 fully saturated rings. The van der Waals surface area contributed by atoms with Crippen LogP contribution in [0.1, 0.15) is 0 Å². The Morgan fingerprint density at radius 1 is 0.750 bits per heavy atom. The van der Waals surface area contributed by atoms with E-state index in [-0.39, 0.29) is 23.1 Å². The van der Waals surface area contributed by atoms with Gasteiger partial charge in [-0.1, -0.05) is 0 Å². The van der Waals surface area contributed by atoms with Crippen molar-refractivity contribution >= 4 is 23.1 Å². The second-order valence-electron chi connectivity index (χ2n) is 0.340. The molecular weight excluding hydrogens is 136 g/mol. The zero-order valence-electron chi connectivity index (χ0n) is 3.56. The van der Waals surface area contributed by atoms with Gasteiger partial charge in [-0.15, -0.1) is 0 Å². The molecule has 0 atom stereocenters. The van der Waals surface area contributed by atoms with Crippen LogP contribution in [0.4, 0.5) is 0 Å². The molecule has 0 radical (unpaired) electrons. The Morgan fingerprint density at radius 3 is 1.38 bits per heavy atom. The first-order valence-electron chi connectivity index (χ1n) is 1.00. The molecular formula is MgO7. The smallest absolute Gasteiger partial charge is 0.689 e. The van der Waals surface area contributed by atoms with Crippen molar-refractivity contribution in [1.29, 1.82) is 0 Å². The minimum atomic E-state index is 0. The summed E-state index contributed by atoms with van der Waals surface area (Å²) in [6.07, 6.45) is 0. The van der Waals surface area contributed by atoms with E-state index in [0.717, 1.165) is 0 Å². The maximum atomic E-state index is 8.72. The van der Waals surface area contributed by atoms with Crippen molar-refractivity contribution in [3.63, 3.8) is 0 Å². The normalized spacial score (nSPS) is 8.25. The second-order valence-corrected chi connectivity index (χ2v) is 0.340. The van der Waals surface area contributed by atoms with Crippen LogP contribution >= 0.6 is 0 Å². The van der Waals surface area contributed by atoms with E-state index in [1.165, 1.54) is 0 Å². The van der Waals surface area contributed by atoms with Crippen molar-refractivity contribution in [2.75, 3.05) is 0 Å². The number of rotatable bonds is 4. The fourth-order valence-corrected chi connectivity index (χ4v) is 0.0340. The molecule has 8 heteroatoms. The van der Waals surface area contributed by atoms with Crippen LogP contribution in [-0.4, -0.2) is 23.1 Å². The maximum absolute atomic E-state index is 8.72. The summed E-state index contributed by atoms with van der Waals surface area (Å²) in [5, 5.41) is 31.5. The van der Waals surface area contributed by atoms with Crippen LogP contribution in [0, 0.1) is 0 Å². The molecule has 0 bridgehead atoms. The first-order valence-corrected chi connectivity index (χ1v) is 1.00. The zero-order chi connectivity index (χ0) is 5.54. The van der Waals surface area contributed by atoms with Crippen molar-refractivity contribution in [3.05, 3.63) is 0 Å². The molecule has 0 aliphatic rings. The molecule has 0 unspecified atom stereocenters. The van der Waals surface area contributed by atoms with Crippen molar-refractivity contribution < 1.29 is 35.7 Å². The van der Waals surface area contributed by atoms with E-state index in [1.54, 1.807) is 0 Å². The molecule has 0 amide bonds. The molecule has 0 saturated heterocycles. The average Bonchev–Trinajstić information content (AvgIpc) is 1.69. The van der Waals surface area contributed by atoms with Crippen LogP contribution in [0.5, 0.6) is 0 Å². The molecule has 0 heterocycles.